The zero-order valence-electron chi connectivity index (χ0n) is 12.8. The number of hydrogen-bond acceptors (Lipinski definition) is 5. The number of methoxy groups -OCH3 is 2. The van der Waals surface area contributed by atoms with Crippen molar-refractivity contribution in [1.29, 1.82) is 0 Å². The van der Waals surface area contributed by atoms with Crippen LogP contribution in [0.4, 0.5) is 0 Å². The summed E-state index contributed by atoms with van der Waals surface area (Å²) >= 11 is 8.52. The van der Waals surface area contributed by atoms with Crippen LogP contribution < -0.4 is 15.2 Å². The van der Waals surface area contributed by atoms with Crippen LogP contribution in [0.25, 0.3) is 0 Å². The smallest absolute Gasteiger partial charge is 0.179 e. The Morgan fingerprint density at radius 3 is 2.71 bits per heavy atom. The molecule has 0 spiro atoms. The summed E-state index contributed by atoms with van der Waals surface area (Å²) in [6.45, 7) is 0.521. The maximum absolute atomic E-state index is 6.52. The first-order valence-electron chi connectivity index (χ1n) is 7.04. The minimum Gasteiger partial charge on any atom is -0.493 e. The molecule has 1 aromatic rings. The fourth-order valence-corrected chi connectivity index (χ4v) is 4.41. The van der Waals surface area contributed by atoms with Gasteiger partial charge < -0.3 is 15.2 Å². The van der Waals surface area contributed by atoms with Crippen LogP contribution in [0.1, 0.15) is 18.0 Å². The van der Waals surface area contributed by atoms with E-state index in [0.717, 1.165) is 11.3 Å². The third kappa shape index (κ3) is 3.42. The Hall–Kier alpha value is -0.620. The van der Waals surface area contributed by atoms with E-state index in [1.807, 2.05) is 23.9 Å². The molecule has 0 radical (unpaired) electrons. The Labute approximate surface area is 135 Å². The Morgan fingerprint density at radius 1 is 1.43 bits per heavy atom. The highest BCUT2D eigenvalue weighted by Crippen LogP contribution is 2.41. The van der Waals surface area contributed by atoms with Gasteiger partial charge in [0.15, 0.2) is 11.5 Å². The van der Waals surface area contributed by atoms with Crippen molar-refractivity contribution >= 4 is 23.4 Å². The van der Waals surface area contributed by atoms with Gasteiger partial charge in [-0.05, 0) is 30.9 Å². The van der Waals surface area contributed by atoms with Gasteiger partial charge >= 0.3 is 0 Å². The van der Waals surface area contributed by atoms with Gasteiger partial charge in [-0.1, -0.05) is 17.7 Å². The topological polar surface area (TPSA) is 47.7 Å². The minimum atomic E-state index is 0.0843. The number of ether oxygens (including phenoxy) is 2. The van der Waals surface area contributed by atoms with Gasteiger partial charge in [0.2, 0.25) is 0 Å². The third-order valence-corrected chi connectivity index (χ3v) is 5.61. The lowest BCUT2D eigenvalue weighted by Gasteiger charge is -2.33. The van der Waals surface area contributed by atoms with Crippen LogP contribution in [0.15, 0.2) is 12.1 Å². The maximum atomic E-state index is 6.52. The second kappa shape index (κ2) is 7.58. The monoisotopic (exact) mass is 330 g/mol. The number of likely N-dealkylation sites (N-methyl/N-ethyl adjacent to an activating group) is 1. The van der Waals surface area contributed by atoms with Crippen molar-refractivity contribution in [3.05, 3.63) is 22.7 Å². The molecular formula is C15H23ClN2O2S. The summed E-state index contributed by atoms with van der Waals surface area (Å²) in [6.07, 6.45) is 1.20. The molecule has 0 aromatic heterocycles. The first-order valence-corrected chi connectivity index (χ1v) is 8.57. The molecule has 2 rings (SSSR count). The number of benzene rings is 1. The van der Waals surface area contributed by atoms with Gasteiger partial charge in [-0.3, -0.25) is 4.90 Å². The summed E-state index contributed by atoms with van der Waals surface area (Å²) in [7, 11) is 5.33. The summed E-state index contributed by atoms with van der Waals surface area (Å²) in [5.74, 6) is 3.58. The molecule has 1 aliphatic heterocycles. The molecule has 118 valence electrons. The number of rotatable bonds is 6. The largest absolute Gasteiger partial charge is 0.493 e. The lowest BCUT2D eigenvalue weighted by Crippen LogP contribution is -2.38. The molecule has 1 fully saturated rings. The van der Waals surface area contributed by atoms with E-state index >= 15 is 0 Å². The molecule has 0 saturated carbocycles. The third-order valence-electron chi connectivity index (χ3n) is 4.07. The van der Waals surface area contributed by atoms with Crippen LogP contribution in [0.5, 0.6) is 11.5 Å². The number of nitrogens with zero attached hydrogens (tertiary/aromatic N) is 1. The molecule has 2 N–H and O–H groups in total. The second-order valence-electron chi connectivity index (χ2n) is 5.14. The van der Waals surface area contributed by atoms with Crippen molar-refractivity contribution in [3.8, 4) is 11.5 Å². The van der Waals surface area contributed by atoms with Crippen molar-refractivity contribution in [1.82, 2.24) is 4.90 Å². The van der Waals surface area contributed by atoms with Crippen LogP contribution in [0, 0.1) is 0 Å². The van der Waals surface area contributed by atoms with E-state index in [2.05, 4.69) is 11.9 Å². The quantitative estimate of drug-likeness (QED) is 0.869. The Morgan fingerprint density at radius 2 is 2.19 bits per heavy atom. The Balaban J connectivity index is 2.33. The van der Waals surface area contributed by atoms with E-state index in [1.165, 1.54) is 12.2 Å². The molecule has 2 unspecified atom stereocenters. The minimum absolute atomic E-state index is 0.0843. The van der Waals surface area contributed by atoms with Crippen LogP contribution in [0.2, 0.25) is 5.02 Å². The Kier molecular flexibility index (Phi) is 6.05. The fourth-order valence-electron chi connectivity index (χ4n) is 2.77. The van der Waals surface area contributed by atoms with E-state index in [9.17, 15) is 0 Å². The highest BCUT2D eigenvalue weighted by Gasteiger charge is 2.28. The summed E-state index contributed by atoms with van der Waals surface area (Å²) < 4.78 is 10.7. The van der Waals surface area contributed by atoms with Gasteiger partial charge in [-0.15, -0.1) is 0 Å². The van der Waals surface area contributed by atoms with Gasteiger partial charge in [-0.2, -0.15) is 11.8 Å². The van der Waals surface area contributed by atoms with Gasteiger partial charge in [0.1, 0.15) is 0 Å². The van der Waals surface area contributed by atoms with Crippen molar-refractivity contribution in [2.24, 2.45) is 5.73 Å². The SMILES string of the molecule is COc1ccc(C(CN)N(C)C2CCSC2)c(Cl)c1OC. The van der Waals surface area contributed by atoms with Crippen molar-refractivity contribution in [2.75, 3.05) is 39.3 Å². The summed E-state index contributed by atoms with van der Waals surface area (Å²) in [5.41, 5.74) is 7.02. The molecule has 1 aromatic carbocycles. The molecule has 4 nitrogen and oxygen atoms in total. The average Bonchev–Trinajstić information content (AvgIpc) is 3.03. The first kappa shape index (κ1) is 16.7. The molecule has 1 heterocycles. The van der Waals surface area contributed by atoms with Gasteiger partial charge in [0.25, 0.3) is 0 Å². The van der Waals surface area contributed by atoms with Crippen LogP contribution in [-0.2, 0) is 0 Å². The molecule has 6 heteroatoms. The van der Waals surface area contributed by atoms with Gasteiger partial charge in [0.05, 0.1) is 19.2 Å². The molecule has 2 atom stereocenters. The Bertz CT molecular complexity index is 481. The van der Waals surface area contributed by atoms with Gasteiger partial charge in [0, 0.05) is 24.4 Å². The fraction of sp³-hybridized carbons (Fsp3) is 0.600. The lowest BCUT2D eigenvalue weighted by molar-refractivity contribution is 0.192. The predicted octanol–water partition coefficient (Wildman–Crippen LogP) is 2.79. The number of hydrogen-bond donors (Lipinski definition) is 1. The van der Waals surface area contributed by atoms with Crippen LogP contribution in [0.3, 0.4) is 0 Å². The summed E-state index contributed by atoms with van der Waals surface area (Å²) in [4.78, 5) is 2.34. The highest BCUT2D eigenvalue weighted by molar-refractivity contribution is 7.99. The van der Waals surface area contributed by atoms with Crippen molar-refractivity contribution < 1.29 is 9.47 Å². The lowest BCUT2D eigenvalue weighted by atomic mass is 10.0. The number of thioether (sulfide) groups is 1. The zero-order valence-corrected chi connectivity index (χ0v) is 14.3. The van der Waals surface area contributed by atoms with Crippen molar-refractivity contribution in [2.45, 2.75) is 18.5 Å². The highest BCUT2D eigenvalue weighted by atomic mass is 35.5. The molecule has 1 aliphatic rings. The first-order chi connectivity index (χ1) is 10.1. The number of nitrogens with two attached hydrogens (primary N) is 1. The molecular weight excluding hydrogens is 308 g/mol. The van der Waals surface area contributed by atoms with Gasteiger partial charge in [-0.25, -0.2) is 0 Å². The van der Waals surface area contributed by atoms with E-state index in [-0.39, 0.29) is 6.04 Å². The van der Waals surface area contributed by atoms with Crippen molar-refractivity contribution in [3.63, 3.8) is 0 Å². The maximum Gasteiger partial charge on any atom is 0.179 e. The normalized spacial score (nSPS) is 19.8. The predicted molar refractivity (Wildman–Crippen MR) is 89.8 cm³/mol. The number of halogens is 1. The van der Waals surface area contributed by atoms with E-state index < -0.39 is 0 Å². The van der Waals surface area contributed by atoms with E-state index in [0.29, 0.717) is 29.1 Å². The molecule has 0 aliphatic carbocycles. The second-order valence-corrected chi connectivity index (χ2v) is 6.67. The van der Waals surface area contributed by atoms with E-state index in [4.69, 9.17) is 26.8 Å². The molecule has 1 saturated heterocycles. The molecule has 0 bridgehead atoms. The standard InChI is InChI=1S/C15H23ClN2O2S/c1-18(10-6-7-21-9-10)12(8-17)11-4-5-13(19-2)15(20-3)14(11)16/h4-5,10,12H,6-9,17H2,1-3H3. The molecule has 0 amide bonds. The molecule has 21 heavy (non-hydrogen) atoms. The summed E-state index contributed by atoms with van der Waals surface area (Å²) in [6, 6.07) is 4.51. The van der Waals surface area contributed by atoms with E-state index in [1.54, 1.807) is 14.2 Å². The summed E-state index contributed by atoms with van der Waals surface area (Å²) in [5, 5.41) is 0.588. The van der Waals surface area contributed by atoms with Crippen LogP contribution in [-0.4, -0.2) is 50.3 Å². The average molecular weight is 331 g/mol. The zero-order chi connectivity index (χ0) is 15.4. The van der Waals surface area contributed by atoms with Crippen LogP contribution >= 0.6 is 23.4 Å².